The van der Waals surface area contributed by atoms with Crippen molar-refractivity contribution in [1.29, 1.82) is 0 Å². The van der Waals surface area contributed by atoms with Crippen molar-refractivity contribution in [3.8, 4) is 0 Å². The van der Waals surface area contributed by atoms with Crippen LogP contribution in [0.25, 0.3) is 0 Å². The molecule has 21 heavy (non-hydrogen) atoms. The lowest BCUT2D eigenvalue weighted by molar-refractivity contribution is -0.176. The molecule has 2 atom stereocenters. The smallest absolute Gasteiger partial charge is 0.191 e. The normalized spacial score (nSPS) is 33.4. The topological polar surface area (TPSA) is 54.9 Å². The van der Waals surface area contributed by atoms with Gasteiger partial charge in [0.2, 0.25) is 0 Å². The highest BCUT2D eigenvalue weighted by Crippen LogP contribution is 2.51. The zero-order chi connectivity index (χ0) is 15.5. The van der Waals surface area contributed by atoms with Crippen molar-refractivity contribution in [2.24, 2.45) is 16.3 Å². The molecule has 2 N–H and O–H groups in total. The fourth-order valence-corrected chi connectivity index (χ4v) is 3.27. The molecule has 5 heteroatoms. The third-order valence-corrected chi connectivity index (χ3v) is 5.71. The molecule has 2 rings (SSSR count). The SMILES string of the molecule is CN=C(NCC1CCOCC1)NC1CC(C)(OC)C1(C)C. The summed E-state index contributed by atoms with van der Waals surface area (Å²) in [6, 6.07) is 0.392. The molecule has 0 radical (unpaired) electrons. The summed E-state index contributed by atoms with van der Waals surface area (Å²) in [5, 5.41) is 7.01. The van der Waals surface area contributed by atoms with Gasteiger partial charge >= 0.3 is 0 Å². The van der Waals surface area contributed by atoms with Crippen LogP contribution < -0.4 is 10.6 Å². The Balaban J connectivity index is 1.81. The lowest BCUT2D eigenvalue weighted by atomic mass is 9.56. The van der Waals surface area contributed by atoms with Gasteiger partial charge in [0.05, 0.1) is 5.60 Å². The lowest BCUT2D eigenvalue weighted by Crippen LogP contribution is -2.69. The molecule has 2 unspecified atom stereocenters. The van der Waals surface area contributed by atoms with Crippen LogP contribution in [0, 0.1) is 11.3 Å². The van der Waals surface area contributed by atoms with Gasteiger partial charge in [-0.2, -0.15) is 0 Å². The zero-order valence-corrected chi connectivity index (χ0v) is 14.2. The van der Waals surface area contributed by atoms with E-state index in [2.05, 4.69) is 36.4 Å². The molecule has 1 heterocycles. The van der Waals surface area contributed by atoms with Crippen molar-refractivity contribution >= 4 is 5.96 Å². The Hall–Kier alpha value is -0.810. The molecule has 0 aromatic carbocycles. The number of methoxy groups -OCH3 is 1. The van der Waals surface area contributed by atoms with Gasteiger partial charge in [-0.05, 0) is 32.1 Å². The second-order valence-electron chi connectivity index (χ2n) is 7.07. The van der Waals surface area contributed by atoms with Crippen molar-refractivity contribution in [1.82, 2.24) is 10.6 Å². The standard InChI is InChI=1S/C16H31N3O2/c1-15(2)13(10-16(15,3)20-5)19-14(17-4)18-11-12-6-8-21-9-7-12/h12-13H,6-11H2,1-5H3,(H2,17,18,19). The number of nitrogens with one attached hydrogen (secondary N) is 2. The number of nitrogens with zero attached hydrogens (tertiary/aromatic N) is 1. The number of aliphatic imine (C=N–C) groups is 1. The Labute approximate surface area is 128 Å². The number of guanidine groups is 1. The molecule has 5 nitrogen and oxygen atoms in total. The molecule has 122 valence electrons. The van der Waals surface area contributed by atoms with E-state index in [1.807, 2.05) is 7.05 Å². The van der Waals surface area contributed by atoms with Crippen LogP contribution in [-0.2, 0) is 9.47 Å². The molecule has 1 saturated carbocycles. The second kappa shape index (κ2) is 6.53. The summed E-state index contributed by atoms with van der Waals surface area (Å²) in [6.45, 7) is 9.44. The maximum absolute atomic E-state index is 5.68. The number of hydrogen-bond acceptors (Lipinski definition) is 3. The van der Waals surface area contributed by atoms with Crippen molar-refractivity contribution in [2.75, 3.05) is 33.9 Å². The summed E-state index contributed by atoms with van der Waals surface area (Å²) in [7, 11) is 3.64. The van der Waals surface area contributed by atoms with E-state index in [0.29, 0.717) is 12.0 Å². The molecule has 0 amide bonds. The van der Waals surface area contributed by atoms with E-state index >= 15 is 0 Å². The van der Waals surface area contributed by atoms with Gasteiger partial charge in [0.1, 0.15) is 0 Å². The average molecular weight is 297 g/mol. The Kier molecular flexibility index (Phi) is 5.15. The van der Waals surface area contributed by atoms with Crippen LogP contribution in [0.5, 0.6) is 0 Å². The Morgan fingerprint density at radius 1 is 1.29 bits per heavy atom. The van der Waals surface area contributed by atoms with Gasteiger partial charge in [-0.25, -0.2) is 0 Å². The Morgan fingerprint density at radius 2 is 1.95 bits per heavy atom. The predicted octanol–water partition coefficient (Wildman–Crippen LogP) is 1.78. The minimum absolute atomic E-state index is 0.0514. The Morgan fingerprint density at radius 3 is 2.48 bits per heavy atom. The van der Waals surface area contributed by atoms with Crippen LogP contribution in [0.1, 0.15) is 40.0 Å². The van der Waals surface area contributed by atoms with E-state index < -0.39 is 0 Å². The third kappa shape index (κ3) is 3.34. The fraction of sp³-hybridized carbons (Fsp3) is 0.938. The van der Waals surface area contributed by atoms with E-state index in [9.17, 15) is 0 Å². The van der Waals surface area contributed by atoms with Gasteiger partial charge in [-0.3, -0.25) is 4.99 Å². The number of rotatable bonds is 4. The highest BCUT2D eigenvalue weighted by Gasteiger charge is 2.58. The first-order valence-electron chi connectivity index (χ1n) is 8.03. The molecule has 1 aliphatic carbocycles. The van der Waals surface area contributed by atoms with E-state index in [4.69, 9.17) is 9.47 Å². The van der Waals surface area contributed by atoms with Crippen LogP contribution in [0.15, 0.2) is 4.99 Å². The Bertz CT molecular complexity index is 378. The number of hydrogen-bond donors (Lipinski definition) is 2. The molecule has 0 aromatic heterocycles. The molecular formula is C16H31N3O2. The third-order valence-electron chi connectivity index (χ3n) is 5.71. The van der Waals surface area contributed by atoms with E-state index in [1.54, 1.807) is 7.11 Å². The maximum atomic E-state index is 5.68. The van der Waals surface area contributed by atoms with Crippen LogP contribution in [0.4, 0.5) is 0 Å². The van der Waals surface area contributed by atoms with Gasteiger partial charge in [-0.1, -0.05) is 13.8 Å². The molecule has 2 aliphatic rings. The van der Waals surface area contributed by atoms with Gasteiger partial charge in [0.25, 0.3) is 0 Å². The molecule has 0 bridgehead atoms. The summed E-state index contributed by atoms with van der Waals surface area (Å²) in [5.74, 6) is 1.59. The van der Waals surface area contributed by atoms with Crippen LogP contribution >= 0.6 is 0 Å². The van der Waals surface area contributed by atoms with Crippen molar-refractivity contribution < 1.29 is 9.47 Å². The van der Waals surface area contributed by atoms with Crippen molar-refractivity contribution in [3.63, 3.8) is 0 Å². The van der Waals surface area contributed by atoms with E-state index in [-0.39, 0.29) is 11.0 Å². The fourth-order valence-electron chi connectivity index (χ4n) is 3.27. The van der Waals surface area contributed by atoms with Crippen LogP contribution in [0.3, 0.4) is 0 Å². The largest absolute Gasteiger partial charge is 0.381 e. The van der Waals surface area contributed by atoms with Gasteiger partial charge in [0.15, 0.2) is 5.96 Å². The molecule has 2 fully saturated rings. The minimum atomic E-state index is -0.0514. The summed E-state index contributed by atoms with van der Waals surface area (Å²) in [6.07, 6.45) is 3.29. The monoisotopic (exact) mass is 297 g/mol. The minimum Gasteiger partial charge on any atom is -0.381 e. The van der Waals surface area contributed by atoms with Gasteiger partial charge in [-0.15, -0.1) is 0 Å². The summed E-state index contributed by atoms with van der Waals surface area (Å²) in [4.78, 5) is 4.36. The molecule has 0 aromatic rings. The van der Waals surface area contributed by atoms with Crippen molar-refractivity contribution in [3.05, 3.63) is 0 Å². The summed E-state index contributed by atoms with van der Waals surface area (Å²) < 4.78 is 11.1. The average Bonchev–Trinajstić information content (AvgIpc) is 2.50. The molecule has 0 spiro atoms. The van der Waals surface area contributed by atoms with Crippen LogP contribution in [0.2, 0.25) is 0 Å². The highest BCUT2D eigenvalue weighted by atomic mass is 16.5. The van der Waals surface area contributed by atoms with E-state index in [1.165, 1.54) is 0 Å². The first kappa shape index (κ1) is 16.6. The second-order valence-corrected chi connectivity index (χ2v) is 7.07. The lowest BCUT2D eigenvalue weighted by Gasteiger charge is -2.59. The molecule has 1 aliphatic heterocycles. The zero-order valence-electron chi connectivity index (χ0n) is 14.2. The summed E-state index contributed by atoms with van der Waals surface area (Å²) in [5.41, 5.74) is 0.0439. The van der Waals surface area contributed by atoms with Crippen LogP contribution in [-0.4, -0.2) is 51.5 Å². The number of ether oxygens (including phenoxy) is 2. The van der Waals surface area contributed by atoms with Crippen molar-refractivity contribution in [2.45, 2.75) is 51.7 Å². The van der Waals surface area contributed by atoms with E-state index in [0.717, 1.165) is 45.0 Å². The first-order chi connectivity index (χ1) is 9.93. The predicted molar refractivity (Wildman–Crippen MR) is 85.6 cm³/mol. The quantitative estimate of drug-likeness (QED) is 0.613. The molecular weight excluding hydrogens is 266 g/mol. The molecule has 1 saturated heterocycles. The highest BCUT2D eigenvalue weighted by molar-refractivity contribution is 5.80. The summed E-state index contributed by atoms with van der Waals surface area (Å²) >= 11 is 0. The first-order valence-corrected chi connectivity index (χ1v) is 8.03. The van der Waals surface area contributed by atoms with Gasteiger partial charge in [0, 0.05) is 45.4 Å². The maximum Gasteiger partial charge on any atom is 0.191 e. The van der Waals surface area contributed by atoms with Gasteiger partial charge < -0.3 is 20.1 Å².